The maximum atomic E-state index is 12.8. The molecule has 1 N–H and O–H groups in total. The highest BCUT2D eigenvalue weighted by Crippen LogP contribution is 2.62. The van der Waals surface area contributed by atoms with Gasteiger partial charge in [-0.2, -0.15) is 0 Å². The number of halogens is 1. The predicted octanol–water partition coefficient (Wildman–Crippen LogP) is 17.3. The molecule has 0 heterocycles. The van der Waals surface area contributed by atoms with Crippen LogP contribution >= 0.6 is 22.6 Å². The molecule has 0 radical (unpaired) electrons. The van der Waals surface area contributed by atoms with Gasteiger partial charge in [0, 0.05) is 12.2 Å². The van der Waals surface area contributed by atoms with E-state index in [1.807, 2.05) is 107 Å². The molecule has 0 saturated heterocycles. The Balaban J connectivity index is 0.000000276. The third kappa shape index (κ3) is 16.7. The van der Waals surface area contributed by atoms with Gasteiger partial charge in [0.1, 0.15) is 22.6 Å². The molecule has 0 aliphatic heterocycles. The molecule has 0 amide bonds. The van der Waals surface area contributed by atoms with Crippen LogP contribution in [0.25, 0.3) is 0 Å². The zero-order valence-electron chi connectivity index (χ0n) is 50.7. The van der Waals surface area contributed by atoms with Gasteiger partial charge in [0.15, 0.2) is 17.8 Å². The fraction of sp³-hybridized carbons (Fsp3) is 0.766. The maximum absolute atomic E-state index is 12.8. The fourth-order valence-corrected chi connectivity index (χ4v) is 12.0. The Labute approximate surface area is 470 Å². The van der Waals surface area contributed by atoms with E-state index in [1.165, 1.54) is 50.5 Å². The van der Waals surface area contributed by atoms with Crippen LogP contribution in [0.4, 0.5) is 0 Å². The highest BCUT2D eigenvalue weighted by Gasteiger charge is 2.61. The fourth-order valence-electron chi connectivity index (χ4n) is 11.3. The van der Waals surface area contributed by atoms with Crippen LogP contribution in [0, 0.1) is 55.3 Å². The molecule has 10 nitrogen and oxygen atoms in total. The summed E-state index contributed by atoms with van der Waals surface area (Å²) in [5, 5.41) is 9.01. The second-order valence-corrected chi connectivity index (χ2v) is 26.4. The summed E-state index contributed by atoms with van der Waals surface area (Å²) in [5.74, 6) is 5.88. The zero-order chi connectivity index (χ0) is 56.9. The van der Waals surface area contributed by atoms with Crippen molar-refractivity contribution in [2.24, 2.45) is 51.8 Å². The summed E-state index contributed by atoms with van der Waals surface area (Å²) in [6, 6.07) is 11.3. The van der Waals surface area contributed by atoms with Crippen molar-refractivity contribution in [3.8, 4) is 17.2 Å². The summed E-state index contributed by atoms with van der Waals surface area (Å²) in [7, 11) is 1.60. The van der Waals surface area contributed by atoms with Crippen LogP contribution in [0.1, 0.15) is 238 Å². The summed E-state index contributed by atoms with van der Waals surface area (Å²) in [5.41, 5.74) is -0.139. The Morgan fingerprint density at radius 2 is 1.15 bits per heavy atom. The van der Waals surface area contributed by atoms with E-state index < -0.39 is 11.0 Å². The lowest BCUT2D eigenvalue weighted by Gasteiger charge is -2.62. The lowest BCUT2D eigenvalue weighted by molar-refractivity contribution is -0.231. The van der Waals surface area contributed by atoms with Crippen LogP contribution in [0.15, 0.2) is 36.4 Å². The first-order valence-electron chi connectivity index (χ1n) is 29.1. The van der Waals surface area contributed by atoms with Crippen LogP contribution < -0.4 is 9.47 Å². The first-order valence-corrected chi connectivity index (χ1v) is 30.1. The minimum Gasteiger partial charge on any atom is -0.508 e. The number of carbonyl (C=O) groups is 3. The molecule has 2 aromatic carbocycles. The molecule has 428 valence electrons. The van der Waals surface area contributed by atoms with Gasteiger partial charge in [0.05, 0.1) is 26.9 Å². The molecule has 7 rings (SSSR count). The van der Waals surface area contributed by atoms with E-state index in [0.29, 0.717) is 66.3 Å². The van der Waals surface area contributed by atoms with Crippen molar-refractivity contribution in [2.75, 3.05) is 13.7 Å². The quantitative estimate of drug-likeness (QED) is 0.0593. The van der Waals surface area contributed by atoms with Crippen molar-refractivity contribution >= 4 is 40.5 Å². The van der Waals surface area contributed by atoms with Crippen molar-refractivity contribution in [3.05, 3.63) is 51.1 Å². The van der Waals surface area contributed by atoms with Gasteiger partial charge in [0.25, 0.3) is 0 Å². The summed E-state index contributed by atoms with van der Waals surface area (Å²) in [6.45, 7) is 39.4. The van der Waals surface area contributed by atoms with Gasteiger partial charge < -0.3 is 33.5 Å². The van der Waals surface area contributed by atoms with Gasteiger partial charge in [-0.05, 0) is 246 Å². The molecule has 2 aromatic rings. The molecule has 5 aliphatic carbocycles. The van der Waals surface area contributed by atoms with Gasteiger partial charge in [0.2, 0.25) is 0 Å². The highest BCUT2D eigenvalue weighted by molar-refractivity contribution is 14.1. The van der Waals surface area contributed by atoms with Gasteiger partial charge in [-0.15, -0.1) is 0 Å². The summed E-state index contributed by atoms with van der Waals surface area (Å²) >= 11 is 2.21. The Bertz CT molecular complexity index is 2070. The molecule has 0 spiro atoms. The molecule has 11 heteroatoms. The van der Waals surface area contributed by atoms with Crippen LogP contribution in [-0.4, -0.2) is 54.2 Å². The van der Waals surface area contributed by atoms with Crippen molar-refractivity contribution in [1.82, 2.24) is 0 Å². The summed E-state index contributed by atoms with van der Waals surface area (Å²) < 4.78 is 36.0. The van der Waals surface area contributed by atoms with Crippen LogP contribution in [0.5, 0.6) is 17.2 Å². The molecule has 3 atom stereocenters. The highest BCUT2D eigenvalue weighted by atomic mass is 127. The van der Waals surface area contributed by atoms with Crippen molar-refractivity contribution < 1.29 is 47.9 Å². The first kappa shape index (κ1) is 66.2. The molecule has 3 unspecified atom stereocenters. The smallest absolute Gasteiger partial charge is 0.312 e. The lowest BCUT2D eigenvalue weighted by Crippen LogP contribution is -2.63. The van der Waals surface area contributed by atoms with Crippen molar-refractivity contribution in [3.63, 3.8) is 0 Å². The summed E-state index contributed by atoms with van der Waals surface area (Å²) in [6.07, 6.45) is 14.9. The lowest BCUT2D eigenvalue weighted by atomic mass is 9.47. The number of carbonyl (C=O) groups excluding carboxylic acids is 3. The maximum Gasteiger partial charge on any atom is 0.312 e. The van der Waals surface area contributed by atoms with E-state index in [0.717, 1.165) is 53.1 Å². The number of esters is 3. The molecular weight excluding hydrogens is 1060 g/mol. The predicted molar refractivity (Wildman–Crippen MR) is 313 cm³/mol. The number of aromatic hydroxyl groups is 1. The number of phenols is 1. The number of phenolic OH excluding ortho intramolecular Hbond substituents is 1. The van der Waals surface area contributed by atoms with Crippen LogP contribution in [0.2, 0.25) is 0 Å². The Kier molecular flexibility index (Phi) is 24.9. The molecule has 5 fully saturated rings. The molecular formula is C64H105IO10. The topological polar surface area (TPSA) is 127 Å². The number of hydrogen-bond donors (Lipinski definition) is 1. The SMILES string of the molecule is CCC(C)(C)C(=O)OC1(C(C)C)C2CC3CC(C2)CC1C3.CCC(C)(C)C(=O)OC1(C(C)C)CCCC1.CCC(C)c1ccc(O)cc1.CCOC(C)Oc1c(I)cc(C(C)(CC)OC(=O)C(C)(C)CC)cc1OC. The molecule has 0 aromatic heterocycles. The van der Waals surface area contributed by atoms with Gasteiger partial charge in [-0.25, -0.2) is 0 Å². The Morgan fingerprint density at radius 3 is 1.56 bits per heavy atom. The third-order valence-corrected chi connectivity index (χ3v) is 19.1. The Morgan fingerprint density at radius 1 is 0.667 bits per heavy atom. The minimum atomic E-state index is -0.749. The van der Waals surface area contributed by atoms with Crippen LogP contribution in [0.3, 0.4) is 0 Å². The number of benzene rings is 2. The zero-order valence-corrected chi connectivity index (χ0v) is 52.8. The normalized spacial score (nSPS) is 23.2. The van der Waals surface area contributed by atoms with E-state index in [4.69, 9.17) is 33.5 Å². The number of ether oxygens (including phenoxy) is 6. The largest absolute Gasteiger partial charge is 0.508 e. The van der Waals surface area contributed by atoms with E-state index in [-0.39, 0.29) is 46.2 Å². The third-order valence-electron chi connectivity index (χ3n) is 18.3. The number of methoxy groups -OCH3 is 1. The van der Waals surface area contributed by atoms with E-state index in [1.54, 1.807) is 19.2 Å². The molecule has 4 bridgehead atoms. The number of hydrogen-bond acceptors (Lipinski definition) is 10. The van der Waals surface area contributed by atoms with E-state index >= 15 is 0 Å². The first-order chi connectivity index (χ1) is 34.9. The van der Waals surface area contributed by atoms with Gasteiger partial charge in [-0.3, -0.25) is 14.4 Å². The van der Waals surface area contributed by atoms with Gasteiger partial charge >= 0.3 is 17.9 Å². The van der Waals surface area contributed by atoms with E-state index in [2.05, 4.69) is 71.1 Å². The average molecular weight is 1160 g/mol. The molecule has 75 heavy (non-hydrogen) atoms. The Hall–Kier alpha value is -3.06. The van der Waals surface area contributed by atoms with Gasteiger partial charge in [-0.1, -0.05) is 81.4 Å². The van der Waals surface area contributed by atoms with Crippen LogP contribution in [-0.2, 0) is 38.9 Å². The standard InChI is InChI=1S/C21H33IO5.C19H32O2.C14H26O2.C10H14O/c1-9-20(5,6)19(23)27-21(7,10-2)15-12-16(22)18(17(13-15)24-8)26-14(4)25-11-3;1-6-18(4,5)17(20)21-19(12(2)3)15-8-13-7-14(10-15)11-16(19)9-13;1-6-13(4,5)12(15)16-14(11(2)3)9-7-8-10-14;1-3-8(2)9-4-6-10(11)7-5-9/h12-14H,9-11H2,1-8H3;12-16H,6-11H2,1-5H3;11H,6-10H2,1-5H3;4-8,11H,3H2,1-2H3. The second-order valence-electron chi connectivity index (χ2n) is 25.2. The average Bonchev–Trinajstić information content (AvgIpc) is 3.85. The second kappa shape index (κ2) is 28.2. The number of rotatable bonds is 20. The van der Waals surface area contributed by atoms with Crippen molar-refractivity contribution in [1.29, 1.82) is 0 Å². The van der Waals surface area contributed by atoms with E-state index in [9.17, 15) is 14.4 Å². The van der Waals surface area contributed by atoms with Crippen molar-refractivity contribution in [2.45, 2.75) is 250 Å². The summed E-state index contributed by atoms with van der Waals surface area (Å²) in [4.78, 5) is 37.6. The molecule has 5 aliphatic rings. The minimum absolute atomic E-state index is 0.0226. The monoisotopic (exact) mass is 1160 g/mol. The molecule has 5 saturated carbocycles.